The van der Waals surface area contributed by atoms with Gasteiger partial charge in [-0.05, 0) is 54.4 Å². The maximum Gasteiger partial charge on any atom is 0.0673 e. The summed E-state index contributed by atoms with van der Waals surface area (Å²) in [6, 6.07) is 11.7. The van der Waals surface area contributed by atoms with Gasteiger partial charge in [0.05, 0.1) is 6.04 Å². The van der Waals surface area contributed by atoms with Gasteiger partial charge in [0.25, 0.3) is 0 Å². The highest BCUT2D eigenvalue weighted by Gasteiger charge is 2.16. The zero-order valence-corrected chi connectivity index (χ0v) is 13.6. The second-order valence-corrected chi connectivity index (χ2v) is 6.29. The highest BCUT2D eigenvalue weighted by Crippen LogP contribution is 2.29. The van der Waals surface area contributed by atoms with E-state index in [1.807, 2.05) is 11.3 Å². The SMILES string of the molecule is CCCNC(c1ccc(CCC)cc1)c1sccc1C. The summed E-state index contributed by atoms with van der Waals surface area (Å²) in [4.78, 5) is 1.45. The second kappa shape index (κ2) is 7.61. The third-order valence-corrected chi connectivity index (χ3v) is 4.70. The minimum absolute atomic E-state index is 0.339. The first-order valence-electron chi connectivity index (χ1n) is 7.62. The lowest BCUT2D eigenvalue weighted by molar-refractivity contribution is 0.604. The van der Waals surface area contributed by atoms with Crippen molar-refractivity contribution in [1.82, 2.24) is 5.32 Å². The van der Waals surface area contributed by atoms with Gasteiger partial charge in [0.15, 0.2) is 0 Å². The Morgan fingerprint density at radius 2 is 1.80 bits per heavy atom. The minimum Gasteiger partial charge on any atom is -0.306 e. The Morgan fingerprint density at radius 1 is 1.05 bits per heavy atom. The quantitative estimate of drug-likeness (QED) is 0.747. The van der Waals surface area contributed by atoms with Crippen LogP contribution in [0.15, 0.2) is 35.7 Å². The maximum atomic E-state index is 3.69. The Bertz CT molecular complexity index is 512. The minimum atomic E-state index is 0.339. The molecule has 0 aliphatic heterocycles. The van der Waals surface area contributed by atoms with Crippen LogP contribution in [0.4, 0.5) is 0 Å². The van der Waals surface area contributed by atoms with Crippen molar-refractivity contribution >= 4 is 11.3 Å². The summed E-state index contributed by atoms with van der Waals surface area (Å²) in [5.41, 5.74) is 4.21. The van der Waals surface area contributed by atoms with E-state index in [0.29, 0.717) is 6.04 Å². The predicted octanol–water partition coefficient (Wildman–Crippen LogP) is 5.10. The molecule has 0 radical (unpaired) electrons. The fraction of sp³-hybridized carbons (Fsp3) is 0.444. The van der Waals surface area contributed by atoms with Gasteiger partial charge in [0.2, 0.25) is 0 Å². The first-order valence-corrected chi connectivity index (χ1v) is 8.50. The van der Waals surface area contributed by atoms with Crippen LogP contribution in [0, 0.1) is 6.92 Å². The number of benzene rings is 1. The lowest BCUT2D eigenvalue weighted by atomic mass is 10.00. The van der Waals surface area contributed by atoms with Gasteiger partial charge in [-0.1, -0.05) is 44.5 Å². The van der Waals surface area contributed by atoms with Crippen molar-refractivity contribution in [2.75, 3.05) is 6.54 Å². The molecule has 1 atom stereocenters. The number of thiophene rings is 1. The molecule has 2 rings (SSSR count). The number of hydrogen-bond acceptors (Lipinski definition) is 2. The van der Waals surface area contributed by atoms with Crippen LogP contribution < -0.4 is 5.32 Å². The Balaban J connectivity index is 2.24. The lowest BCUT2D eigenvalue weighted by Crippen LogP contribution is -2.23. The molecule has 1 heterocycles. The normalized spacial score (nSPS) is 12.6. The van der Waals surface area contributed by atoms with E-state index in [0.717, 1.165) is 13.0 Å². The number of rotatable bonds is 7. The molecule has 20 heavy (non-hydrogen) atoms. The first kappa shape index (κ1) is 15.3. The number of hydrogen-bond donors (Lipinski definition) is 1. The molecule has 0 amide bonds. The van der Waals surface area contributed by atoms with Crippen LogP contribution in [0.25, 0.3) is 0 Å². The van der Waals surface area contributed by atoms with E-state index < -0.39 is 0 Å². The molecule has 1 aromatic heterocycles. The van der Waals surface area contributed by atoms with Gasteiger partial charge in [-0.2, -0.15) is 0 Å². The Hall–Kier alpha value is -1.12. The van der Waals surface area contributed by atoms with Crippen molar-refractivity contribution in [3.8, 4) is 0 Å². The molecule has 0 spiro atoms. The van der Waals surface area contributed by atoms with E-state index in [2.05, 4.69) is 61.8 Å². The molecule has 1 aromatic carbocycles. The summed E-state index contributed by atoms with van der Waals surface area (Å²) in [6.07, 6.45) is 3.54. The Kier molecular flexibility index (Phi) is 5.81. The van der Waals surface area contributed by atoms with E-state index in [-0.39, 0.29) is 0 Å². The average Bonchev–Trinajstić information content (AvgIpc) is 2.88. The van der Waals surface area contributed by atoms with E-state index in [1.165, 1.54) is 34.4 Å². The molecular weight excluding hydrogens is 262 g/mol. The van der Waals surface area contributed by atoms with Crippen molar-refractivity contribution in [2.24, 2.45) is 0 Å². The Morgan fingerprint density at radius 3 is 2.35 bits per heavy atom. The molecule has 0 saturated carbocycles. The summed E-state index contributed by atoms with van der Waals surface area (Å²) in [7, 11) is 0. The summed E-state index contributed by atoms with van der Waals surface area (Å²) in [5.74, 6) is 0. The van der Waals surface area contributed by atoms with Crippen LogP contribution >= 0.6 is 11.3 Å². The molecule has 1 nitrogen and oxygen atoms in total. The van der Waals surface area contributed by atoms with Gasteiger partial charge < -0.3 is 5.32 Å². The smallest absolute Gasteiger partial charge is 0.0673 e. The van der Waals surface area contributed by atoms with Crippen molar-refractivity contribution in [2.45, 2.75) is 46.1 Å². The van der Waals surface area contributed by atoms with Gasteiger partial charge in [0, 0.05) is 4.88 Å². The lowest BCUT2D eigenvalue weighted by Gasteiger charge is -2.19. The van der Waals surface area contributed by atoms with Crippen molar-refractivity contribution in [1.29, 1.82) is 0 Å². The molecule has 1 N–H and O–H groups in total. The molecule has 0 saturated heterocycles. The van der Waals surface area contributed by atoms with E-state index in [9.17, 15) is 0 Å². The molecule has 2 aromatic rings. The zero-order valence-electron chi connectivity index (χ0n) is 12.8. The first-order chi connectivity index (χ1) is 9.76. The average molecular weight is 287 g/mol. The monoisotopic (exact) mass is 287 g/mol. The van der Waals surface area contributed by atoms with E-state index in [4.69, 9.17) is 0 Å². The summed E-state index contributed by atoms with van der Waals surface area (Å²) < 4.78 is 0. The van der Waals surface area contributed by atoms with Gasteiger partial charge >= 0.3 is 0 Å². The molecule has 0 aliphatic rings. The van der Waals surface area contributed by atoms with Crippen LogP contribution in [0.3, 0.4) is 0 Å². The molecule has 2 heteroatoms. The molecular formula is C18H25NS. The molecule has 0 aliphatic carbocycles. The van der Waals surface area contributed by atoms with Crippen LogP contribution in [-0.2, 0) is 6.42 Å². The number of nitrogens with one attached hydrogen (secondary N) is 1. The molecule has 1 unspecified atom stereocenters. The fourth-order valence-electron chi connectivity index (χ4n) is 2.50. The van der Waals surface area contributed by atoms with Crippen molar-refractivity contribution in [3.63, 3.8) is 0 Å². The van der Waals surface area contributed by atoms with Gasteiger partial charge in [-0.3, -0.25) is 0 Å². The third kappa shape index (κ3) is 3.71. The fourth-order valence-corrected chi connectivity index (χ4v) is 3.52. The van der Waals surface area contributed by atoms with Crippen molar-refractivity contribution < 1.29 is 0 Å². The molecule has 108 valence electrons. The van der Waals surface area contributed by atoms with Crippen LogP contribution in [0.5, 0.6) is 0 Å². The summed E-state index contributed by atoms with van der Waals surface area (Å²) >= 11 is 1.85. The topological polar surface area (TPSA) is 12.0 Å². The van der Waals surface area contributed by atoms with Crippen molar-refractivity contribution in [3.05, 3.63) is 57.3 Å². The number of aryl methyl sites for hydroxylation is 2. The standard InChI is InChI=1S/C18H25NS/c1-4-6-15-7-9-16(10-8-15)17(19-12-5-2)18-14(3)11-13-20-18/h7-11,13,17,19H,4-6,12H2,1-3H3. The zero-order chi connectivity index (χ0) is 14.4. The van der Waals surface area contributed by atoms with Gasteiger partial charge in [-0.15, -0.1) is 11.3 Å². The van der Waals surface area contributed by atoms with Crippen LogP contribution in [-0.4, -0.2) is 6.54 Å². The summed E-state index contributed by atoms with van der Waals surface area (Å²) in [6.45, 7) is 7.71. The highest BCUT2D eigenvalue weighted by atomic mass is 32.1. The van der Waals surface area contributed by atoms with Crippen LogP contribution in [0.1, 0.15) is 54.3 Å². The second-order valence-electron chi connectivity index (χ2n) is 5.35. The maximum absolute atomic E-state index is 3.69. The predicted molar refractivity (Wildman–Crippen MR) is 89.6 cm³/mol. The molecule has 0 bridgehead atoms. The largest absolute Gasteiger partial charge is 0.306 e. The molecule has 0 fully saturated rings. The van der Waals surface area contributed by atoms with E-state index >= 15 is 0 Å². The van der Waals surface area contributed by atoms with E-state index in [1.54, 1.807) is 0 Å². The summed E-state index contributed by atoms with van der Waals surface area (Å²) in [5, 5.41) is 5.88. The Labute approximate surface area is 127 Å². The van der Waals surface area contributed by atoms with Crippen LogP contribution in [0.2, 0.25) is 0 Å². The third-order valence-electron chi connectivity index (χ3n) is 3.61. The van der Waals surface area contributed by atoms with Gasteiger partial charge in [-0.25, -0.2) is 0 Å². The highest BCUT2D eigenvalue weighted by molar-refractivity contribution is 7.10. The van der Waals surface area contributed by atoms with Gasteiger partial charge in [0.1, 0.15) is 0 Å².